The van der Waals surface area contributed by atoms with Crippen LogP contribution in [0.4, 0.5) is 0 Å². The molecule has 0 saturated heterocycles. The van der Waals surface area contributed by atoms with E-state index in [-0.39, 0.29) is 11.7 Å². The lowest BCUT2D eigenvalue weighted by Crippen LogP contribution is -2.18. The standard InChI is InChI=1S/C16H26NO3P/c1-6-19-21(18,20-7-2)15(5)13(3)17-14(4)16-11-9-8-10-12-16/h8-12,14-15H,6-7H2,1-5H3/t14-,15?/m0/s1. The summed E-state index contributed by atoms with van der Waals surface area (Å²) in [5.74, 6) is 0. The largest absolute Gasteiger partial charge is 0.338 e. The van der Waals surface area contributed by atoms with E-state index in [4.69, 9.17) is 9.05 Å². The van der Waals surface area contributed by atoms with Gasteiger partial charge in [-0.05, 0) is 40.2 Å². The van der Waals surface area contributed by atoms with Crippen molar-refractivity contribution < 1.29 is 13.6 Å². The third-order valence-electron chi connectivity index (χ3n) is 3.38. The zero-order chi connectivity index (χ0) is 15.9. The third-order valence-corrected chi connectivity index (χ3v) is 5.93. The van der Waals surface area contributed by atoms with Crippen molar-refractivity contribution in [2.45, 2.75) is 46.3 Å². The normalized spacial score (nSPS) is 15.8. The Balaban J connectivity index is 2.91. The van der Waals surface area contributed by atoms with Crippen molar-refractivity contribution in [2.24, 2.45) is 4.99 Å². The minimum Gasteiger partial charge on any atom is -0.308 e. The van der Waals surface area contributed by atoms with Crippen molar-refractivity contribution >= 4 is 13.3 Å². The fourth-order valence-electron chi connectivity index (χ4n) is 2.07. The molecule has 0 radical (unpaired) electrons. The molecule has 0 aliphatic heterocycles. The number of hydrogen-bond donors (Lipinski definition) is 0. The Kier molecular flexibility index (Phi) is 7.30. The predicted octanol–water partition coefficient (Wildman–Crippen LogP) is 4.86. The van der Waals surface area contributed by atoms with Gasteiger partial charge in [-0.1, -0.05) is 30.3 Å². The molecule has 0 saturated carbocycles. The van der Waals surface area contributed by atoms with Crippen LogP contribution in [-0.2, 0) is 13.6 Å². The highest BCUT2D eigenvalue weighted by atomic mass is 31.2. The summed E-state index contributed by atoms with van der Waals surface area (Å²) in [6.45, 7) is 10.1. The molecule has 0 heterocycles. The van der Waals surface area contributed by atoms with Crippen molar-refractivity contribution in [3.8, 4) is 0 Å². The molecule has 0 aliphatic carbocycles. The summed E-state index contributed by atoms with van der Waals surface area (Å²) in [4.78, 5) is 4.66. The molecule has 0 bridgehead atoms. The molecule has 21 heavy (non-hydrogen) atoms. The van der Waals surface area contributed by atoms with E-state index in [2.05, 4.69) is 4.99 Å². The van der Waals surface area contributed by atoms with Gasteiger partial charge in [0.15, 0.2) is 0 Å². The maximum absolute atomic E-state index is 12.7. The summed E-state index contributed by atoms with van der Waals surface area (Å²) in [6, 6.07) is 10.1. The molecular formula is C16H26NO3P. The lowest BCUT2D eigenvalue weighted by atomic mass is 10.1. The van der Waals surface area contributed by atoms with E-state index >= 15 is 0 Å². The van der Waals surface area contributed by atoms with Gasteiger partial charge in [0.25, 0.3) is 0 Å². The Morgan fingerprint density at radius 1 is 1.14 bits per heavy atom. The van der Waals surface area contributed by atoms with E-state index < -0.39 is 7.60 Å². The van der Waals surface area contributed by atoms with Crippen molar-refractivity contribution in [1.29, 1.82) is 0 Å². The second kappa shape index (κ2) is 8.47. The molecule has 1 aromatic carbocycles. The first kappa shape index (κ1) is 18.1. The van der Waals surface area contributed by atoms with E-state index in [1.54, 1.807) is 0 Å². The van der Waals surface area contributed by atoms with Crippen LogP contribution in [0.15, 0.2) is 35.3 Å². The maximum atomic E-state index is 12.7. The van der Waals surface area contributed by atoms with E-state index in [0.717, 1.165) is 11.3 Å². The summed E-state index contributed by atoms with van der Waals surface area (Å²) in [6.07, 6.45) is 0. The fraction of sp³-hybridized carbons (Fsp3) is 0.562. The summed E-state index contributed by atoms with van der Waals surface area (Å²) < 4.78 is 23.5. The molecule has 5 heteroatoms. The molecule has 0 fully saturated rings. The summed E-state index contributed by atoms with van der Waals surface area (Å²) in [5.41, 5.74) is 1.58. The van der Waals surface area contributed by atoms with Gasteiger partial charge in [-0.3, -0.25) is 9.56 Å². The van der Waals surface area contributed by atoms with E-state index in [1.807, 2.05) is 65.0 Å². The molecule has 0 N–H and O–H groups in total. The predicted molar refractivity (Wildman–Crippen MR) is 88.3 cm³/mol. The van der Waals surface area contributed by atoms with E-state index in [0.29, 0.717) is 13.2 Å². The SMILES string of the molecule is CCOP(=O)(OCC)C(C)C(C)=N[C@@H](C)c1ccccc1. The Labute approximate surface area is 128 Å². The minimum atomic E-state index is -3.15. The highest BCUT2D eigenvalue weighted by Crippen LogP contribution is 2.53. The van der Waals surface area contributed by atoms with Crippen LogP contribution in [0.25, 0.3) is 0 Å². The van der Waals surface area contributed by atoms with Crippen LogP contribution in [0.2, 0.25) is 0 Å². The second-order valence-electron chi connectivity index (χ2n) is 4.91. The molecule has 0 aliphatic rings. The van der Waals surface area contributed by atoms with Crippen molar-refractivity contribution in [3.05, 3.63) is 35.9 Å². The van der Waals surface area contributed by atoms with E-state index in [9.17, 15) is 4.57 Å². The smallest absolute Gasteiger partial charge is 0.308 e. The molecule has 118 valence electrons. The van der Waals surface area contributed by atoms with Gasteiger partial charge in [-0.15, -0.1) is 0 Å². The van der Waals surface area contributed by atoms with Crippen molar-refractivity contribution in [3.63, 3.8) is 0 Å². The third kappa shape index (κ3) is 5.06. The Morgan fingerprint density at radius 3 is 2.14 bits per heavy atom. The highest BCUT2D eigenvalue weighted by Gasteiger charge is 2.34. The molecule has 1 rings (SSSR count). The summed E-state index contributed by atoms with van der Waals surface area (Å²) >= 11 is 0. The van der Waals surface area contributed by atoms with Gasteiger partial charge in [-0.2, -0.15) is 0 Å². The van der Waals surface area contributed by atoms with Gasteiger partial charge >= 0.3 is 7.60 Å². The van der Waals surface area contributed by atoms with Crippen molar-refractivity contribution in [1.82, 2.24) is 0 Å². The molecular weight excluding hydrogens is 285 g/mol. The van der Waals surface area contributed by atoms with Crippen molar-refractivity contribution in [2.75, 3.05) is 13.2 Å². The van der Waals surface area contributed by atoms with Gasteiger partial charge < -0.3 is 9.05 Å². The number of rotatable bonds is 8. The van der Waals surface area contributed by atoms with Gasteiger partial charge in [0.05, 0.1) is 24.9 Å². The average molecular weight is 311 g/mol. The zero-order valence-corrected chi connectivity index (χ0v) is 14.5. The molecule has 0 aromatic heterocycles. The Morgan fingerprint density at radius 2 is 1.67 bits per heavy atom. The van der Waals surface area contributed by atoms with Crippen LogP contribution in [0.3, 0.4) is 0 Å². The van der Waals surface area contributed by atoms with Crippen LogP contribution in [0.5, 0.6) is 0 Å². The quantitative estimate of drug-likeness (QED) is 0.508. The Bertz CT molecular complexity index is 492. The summed E-state index contributed by atoms with van der Waals surface area (Å²) in [7, 11) is -3.15. The molecule has 4 nitrogen and oxygen atoms in total. The lowest BCUT2D eigenvalue weighted by Gasteiger charge is -2.24. The highest BCUT2D eigenvalue weighted by molar-refractivity contribution is 7.55. The number of nitrogens with zero attached hydrogens (tertiary/aromatic N) is 1. The van der Waals surface area contributed by atoms with Crippen LogP contribution in [0.1, 0.15) is 46.2 Å². The van der Waals surface area contributed by atoms with Crippen LogP contribution >= 0.6 is 7.60 Å². The Hall–Kier alpha value is -0.960. The second-order valence-corrected chi connectivity index (χ2v) is 7.28. The van der Waals surface area contributed by atoms with Gasteiger partial charge in [0.1, 0.15) is 0 Å². The summed E-state index contributed by atoms with van der Waals surface area (Å²) in [5, 5.41) is 0. The van der Waals surface area contributed by atoms with Crippen LogP contribution in [0, 0.1) is 0 Å². The van der Waals surface area contributed by atoms with Gasteiger partial charge in [0, 0.05) is 5.71 Å². The average Bonchev–Trinajstić information content (AvgIpc) is 2.47. The van der Waals surface area contributed by atoms with Crippen LogP contribution in [-0.4, -0.2) is 24.6 Å². The number of benzene rings is 1. The van der Waals surface area contributed by atoms with Gasteiger partial charge in [0.2, 0.25) is 0 Å². The number of hydrogen-bond acceptors (Lipinski definition) is 4. The first-order valence-electron chi connectivity index (χ1n) is 7.42. The number of aliphatic imine (C=N–C) groups is 1. The van der Waals surface area contributed by atoms with Gasteiger partial charge in [-0.25, -0.2) is 0 Å². The van der Waals surface area contributed by atoms with Crippen LogP contribution < -0.4 is 0 Å². The molecule has 0 amide bonds. The maximum Gasteiger partial charge on any atom is 0.338 e. The minimum absolute atomic E-state index is 0.0188. The fourth-order valence-corrected chi connectivity index (χ4v) is 3.83. The lowest BCUT2D eigenvalue weighted by molar-refractivity contribution is 0.218. The zero-order valence-electron chi connectivity index (χ0n) is 13.6. The topological polar surface area (TPSA) is 47.9 Å². The monoisotopic (exact) mass is 311 g/mol. The molecule has 2 atom stereocenters. The molecule has 1 unspecified atom stereocenters. The molecule has 0 spiro atoms. The first-order chi connectivity index (χ1) is 9.94. The first-order valence-corrected chi connectivity index (χ1v) is 9.03. The molecule has 1 aromatic rings. The van der Waals surface area contributed by atoms with E-state index in [1.165, 1.54) is 0 Å².